The summed E-state index contributed by atoms with van der Waals surface area (Å²) in [6.07, 6.45) is -1.37. The second-order valence-corrected chi connectivity index (χ2v) is 5.27. The highest BCUT2D eigenvalue weighted by atomic mass is 19.4. The van der Waals surface area contributed by atoms with E-state index in [1.165, 1.54) is 18.2 Å². The summed E-state index contributed by atoms with van der Waals surface area (Å²) in [7, 11) is 0. The molecule has 3 aromatic rings. The van der Waals surface area contributed by atoms with Gasteiger partial charge in [-0.05, 0) is 31.2 Å². The van der Waals surface area contributed by atoms with Gasteiger partial charge in [0, 0.05) is 24.0 Å². The Morgan fingerprint density at radius 1 is 1.08 bits per heavy atom. The number of aromatic nitrogens is 2. The zero-order chi connectivity index (χ0) is 18.0. The summed E-state index contributed by atoms with van der Waals surface area (Å²) >= 11 is 0. The van der Waals surface area contributed by atoms with Gasteiger partial charge in [-0.3, -0.25) is 0 Å². The minimum Gasteiger partial charge on any atom is -0.455 e. The van der Waals surface area contributed by atoms with Gasteiger partial charge in [0.25, 0.3) is 0 Å². The number of anilines is 1. The maximum atomic E-state index is 12.4. The summed E-state index contributed by atoms with van der Waals surface area (Å²) in [5, 5.41) is 0. The number of ether oxygens (including phenoxy) is 2. The van der Waals surface area contributed by atoms with Crippen LogP contribution in [0.4, 0.5) is 18.9 Å². The molecule has 0 aliphatic carbocycles. The van der Waals surface area contributed by atoms with E-state index in [0.717, 1.165) is 11.8 Å². The minimum atomic E-state index is -4.77. The first-order valence-corrected chi connectivity index (χ1v) is 7.24. The number of imidazole rings is 1. The molecule has 0 fully saturated rings. The molecule has 0 bridgehead atoms. The molecule has 0 saturated carbocycles. The van der Waals surface area contributed by atoms with Crippen LogP contribution < -0.4 is 15.2 Å². The van der Waals surface area contributed by atoms with E-state index < -0.39 is 6.36 Å². The van der Waals surface area contributed by atoms with E-state index in [4.69, 9.17) is 10.5 Å². The van der Waals surface area contributed by atoms with Crippen LogP contribution in [0.15, 0.2) is 55.0 Å². The highest BCUT2D eigenvalue weighted by Crippen LogP contribution is 2.33. The van der Waals surface area contributed by atoms with Gasteiger partial charge in [-0.25, -0.2) is 4.98 Å². The summed E-state index contributed by atoms with van der Waals surface area (Å²) in [6, 6.07) is 10.3. The lowest BCUT2D eigenvalue weighted by Crippen LogP contribution is -2.17. The number of hydrogen-bond acceptors (Lipinski definition) is 4. The maximum absolute atomic E-state index is 12.4. The minimum absolute atomic E-state index is 0.186. The van der Waals surface area contributed by atoms with Crippen molar-refractivity contribution in [2.75, 3.05) is 5.73 Å². The van der Waals surface area contributed by atoms with Crippen LogP contribution >= 0.6 is 0 Å². The van der Waals surface area contributed by atoms with Gasteiger partial charge in [-0.2, -0.15) is 0 Å². The number of benzene rings is 2. The number of nitrogens with zero attached hydrogens (tertiary/aromatic N) is 2. The van der Waals surface area contributed by atoms with Crippen LogP contribution in [-0.2, 0) is 0 Å². The first kappa shape index (κ1) is 16.7. The van der Waals surface area contributed by atoms with Gasteiger partial charge in [-0.15, -0.1) is 13.2 Å². The third-order valence-corrected chi connectivity index (χ3v) is 3.24. The number of nitrogen functional groups attached to an aromatic ring is 1. The molecule has 0 atom stereocenters. The van der Waals surface area contributed by atoms with Crippen LogP contribution in [-0.4, -0.2) is 15.9 Å². The number of hydrogen-bond donors (Lipinski definition) is 1. The quantitative estimate of drug-likeness (QED) is 0.707. The smallest absolute Gasteiger partial charge is 0.455 e. The van der Waals surface area contributed by atoms with E-state index in [-0.39, 0.29) is 11.5 Å². The molecule has 0 aliphatic rings. The Balaban J connectivity index is 1.93. The lowest BCUT2D eigenvalue weighted by atomic mass is 10.2. The fraction of sp³-hybridized carbons (Fsp3) is 0.118. The SMILES string of the molecule is Cc1cn(-c2ccc(N)cc2Oc2cccc(OC(F)(F)F)c2)cn1. The molecule has 2 aromatic carbocycles. The van der Waals surface area contributed by atoms with Gasteiger partial charge in [0.2, 0.25) is 0 Å². The highest BCUT2D eigenvalue weighted by Gasteiger charge is 2.31. The highest BCUT2D eigenvalue weighted by molar-refractivity contribution is 5.57. The van der Waals surface area contributed by atoms with Crippen LogP contribution in [0.2, 0.25) is 0 Å². The number of nitrogens with two attached hydrogens (primary N) is 1. The fourth-order valence-electron chi connectivity index (χ4n) is 2.24. The Bertz CT molecular complexity index is 891. The normalized spacial score (nSPS) is 11.4. The second kappa shape index (κ2) is 6.39. The predicted molar refractivity (Wildman–Crippen MR) is 85.9 cm³/mol. The monoisotopic (exact) mass is 349 g/mol. The van der Waals surface area contributed by atoms with E-state index >= 15 is 0 Å². The maximum Gasteiger partial charge on any atom is 0.573 e. The van der Waals surface area contributed by atoms with Gasteiger partial charge in [-0.1, -0.05) is 6.07 Å². The Labute approximate surface area is 141 Å². The second-order valence-electron chi connectivity index (χ2n) is 5.27. The van der Waals surface area contributed by atoms with E-state index in [1.54, 1.807) is 35.3 Å². The molecule has 5 nitrogen and oxygen atoms in total. The van der Waals surface area contributed by atoms with Crippen LogP contribution in [0.25, 0.3) is 5.69 Å². The lowest BCUT2D eigenvalue weighted by molar-refractivity contribution is -0.274. The van der Waals surface area contributed by atoms with Crippen LogP contribution in [0.1, 0.15) is 5.69 Å². The van der Waals surface area contributed by atoms with Crippen molar-refractivity contribution >= 4 is 5.69 Å². The molecule has 0 unspecified atom stereocenters. The molecule has 0 radical (unpaired) electrons. The molecule has 0 saturated heterocycles. The summed E-state index contributed by atoms with van der Waals surface area (Å²) in [5.74, 6) is 0.195. The molecule has 3 rings (SSSR count). The van der Waals surface area contributed by atoms with Crippen LogP contribution in [0.3, 0.4) is 0 Å². The first-order valence-electron chi connectivity index (χ1n) is 7.24. The number of aryl methyl sites for hydroxylation is 1. The molecule has 130 valence electrons. The number of alkyl halides is 3. The van der Waals surface area contributed by atoms with Crippen LogP contribution in [0, 0.1) is 6.92 Å². The van der Waals surface area contributed by atoms with E-state index in [0.29, 0.717) is 17.1 Å². The van der Waals surface area contributed by atoms with Crippen molar-refractivity contribution in [3.8, 4) is 22.9 Å². The summed E-state index contributed by atoms with van der Waals surface area (Å²) in [4.78, 5) is 4.15. The van der Waals surface area contributed by atoms with Crippen molar-refractivity contribution in [1.82, 2.24) is 9.55 Å². The Hall–Kier alpha value is -3.16. The zero-order valence-corrected chi connectivity index (χ0v) is 13.1. The average molecular weight is 349 g/mol. The van der Waals surface area contributed by atoms with E-state index in [1.807, 2.05) is 6.92 Å². The predicted octanol–water partition coefficient (Wildman–Crippen LogP) is 4.45. The van der Waals surface area contributed by atoms with Crippen molar-refractivity contribution in [2.45, 2.75) is 13.3 Å². The average Bonchev–Trinajstić information content (AvgIpc) is 2.92. The topological polar surface area (TPSA) is 62.3 Å². The largest absolute Gasteiger partial charge is 0.573 e. The van der Waals surface area contributed by atoms with Crippen LogP contribution in [0.5, 0.6) is 17.2 Å². The molecule has 0 aliphatic heterocycles. The Morgan fingerprint density at radius 2 is 1.84 bits per heavy atom. The zero-order valence-electron chi connectivity index (χ0n) is 13.1. The Morgan fingerprint density at radius 3 is 2.52 bits per heavy atom. The standard InChI is InChI=1S/C17H14F3N3O2/c1-11-9-23(10-22-11)15-6-5-12(21)7-16(15)24-13-3-2-4-14(8-13)25-17(18,19)20/h2-10H,21H2,1H3. The molecule has 25 heavy (non-hydrogen) atoms. The number of rotatable bonds is 4. The third-order valence-electron chi connectivity index (χ3n) is 3.24. The van der Waals surface area contributed by atoms with Crippen molar-refractivity contribution in [3.05, 3.63) is 60.7 Å². The van der Waals surface area contributed by atoms with E-state index in [2.05, 4.69) is 9.72 Å². The van der Waals surface area contributed by atoms with Gasteiger partial charge in [0.05, 0.1) is 17.7 Å². The van der Waals surface area contributed by atoms with Crippen molar-refractivity contribution in [1.29, 1.82) is 0 Å². The summed E-state index contributed by atoms with van der Waals surface area (Å²) in [5.41, 5.74) is 7.71. The van der Waals surface area contributed by atoms with E-state index in [9.17, 15) is 13.2 Å². The molecule has 0 spiro atoms. The molecular formula is C17H14F3N3O2. The van der Waals surface area contributed by atoms with Crippen molar-refractivity contribution in [3.63, 3.8) is 0 Å². The van der Waals surface area contributed by atoms with Crippen molar-refractivity contribution < 1.29 is 22.6 Å². The fourth-order valence-corrected chi connectivity index (χ4v) is 2.24. The summed E-state index contributed by atoms with van der Waals surface area (Å²) < 4.78 is 48.4. The third kappa shape index (κ3) is 4.23. The lowest BCUT2D eigenvalue weighted by Gasteiger charge is -2.14. The Kier molecular flexibility index (Phi) is 4.26. The van der Waals surface area contributed by atoms with Crippen molar-refractivity contribution in [2.24, 2.45) is 0 Å². The van der Waals surface area contributed by atoms with Gasteiger partial charge >= 0.3 is 6.36 Å². The molecule has 8 heteroatoms. The molecule has 1 heterocycles. The molecule has 0 amide bonds. The first-order chi connectivity index (χ1) is 11.8. The molecule has 1 aromatic heterocycles. The van der Waals surface area contributed by atoms with Gasteiger partial charge < -0.3 is 19.8 Å². The number of halogens is 3. The van der Waals surface area contributed by atoms with Gasteiger partial charge in [0.1, 0.15) is 11.5 Å². The molecular weight excluding hydrogens is 335 g/mol. The molecule has 2 N–H and O–H groups in total. The van der Waals surface area contributed by atoms with Gasteiger partial charge in [0.15, 0.2) is 5.75 Å². The summed E-state index contributed by atoms with van der Waals surface area (Å²) in [6.45, 7) is 1.84.